The zero-order chi connectivity index (χ0) is 40.4. The molecule has 2 fully saturated rings. The summed E-state index contributed by atoms with van der Waals surface area (Å²) >= 11 is 6.12. The van der Waals surface area contributed by atoms with E-state index in [1.807, 2.05) is 79.5 Å². The second kappa shape index (κ2) is 16.3. The second-order valence-electron chi connectivity index (χ2n) is 15.5. The molecule has 2 aromatic heterocycles. The summed E-state index contributed by atoms with van der Waals surface area (Å²) < 4.78 is 4.83. The molecule has 12 heteroatoms. The zero-order valence-corrected chi connectivity index (χ0v) is 33.5. The van der Waals surface area contributed by atoms with E-state index in [4.69, 9.17) is 26.3 Å². The predicted molar refractivity (Wildman–Crippen MR) is 224 cm³/mol. The molecular weight excluding hydrogens is 750 g/mol. The van der Waals surface area contributed by atoms with Crippen molar-refractivity contribution in [1.29, 1.82) is 0 Å². The minimum absolute atomic E-state index is 0.0784. The van der Waals surface area contributed by atoms with Crippen LogP contribution in [-0.2, 0) is 19.7 Å². The molecule has 0 bridgehead atoms. The van der Waals surface area contributed by atoms with Gasteiger partial charge in [0.1, 0.15) is 17.7 Å². The fourth-order valence-corrected chi connectivity index (χ4v) is 8.35. The number of imidazole rings is 2. The number of carbonyl (C=O) groups excluding carboxylic acids is 3. The first-order valence-corrected chi connectivity index (χ1v) is 20.1. The van der Waals surface area contributed by atoms with Crippen LogP contribution >= 0.6 is 11.6 Å². The number of aromatic amines is 2. The van der Waals surface area contributed by atoms with Crippen LogP contribution in [0.5, 0.6) is 0 Å². The number of ether oxygens (including phenoxy) is 1. The van der Waals surface area contributed by atoms with E-state index in [1.54, 1.807) is 11.1 Å². The van der Waals surface area contributed by atoms with Gasteiger partial charge in [0.2, 0.25) is 5.91 Å². The summed E-state index contributed by atoms with van der Waals surface area (Å²) in [5.74, 6) is 1.38. The highest BCUT2D eigenvalue weighted by Crippen LogP contribution is 2.38. The Hall–Kier alpha value is -6.20. The number of amides is 3. The number of rotatable bonds is 10. The zero-order valence-electron chi connectivity index (χ0n) is 32.7. The largest absolute Gasteiger partial charge is 0.453 e. The lowest BCUT2D eigenvalue weighted by molar-refractivity contribution is -0.137. The third-order valence-corrected chi connectivity index (χ3v) is 11.8. The third kappa shape index (κ3) is 7.74. The van der Waals surface area contributed by atoms with Crippen molar-refractivity contribution in [2.24, 2.45) is 0 Å². The number of likely N-dealkylation sites (tertiary alicyclic amines) is 2. The molecular formula is C46H46ClN7O4. The van der Waals surface area contributed by atoms with Crippen LogP contribution in [0.15, 0.2) is 116 Å². The number of methoxy groups -OCH3 is 1. The Balaban J connectivity index is 0.927. The quantitative estimate of drug-likeness (QED) is 0.127. The van der Waals surface area contributed by atoms with Crippen LogP contribution in [0.3, 0.4) is 0 Å². The number of alkyl carbamates (subject to hydrolysis) is 1. The molecule has 11 nitrogen and oxygen atoms in total. The highest BCUT2D eigenvalue weighted by molar-refractivity contribution is 6.30. The first-order valence-electron chi connectivity index (χ1n) is 19.7. The Morgan fingerprint density at radius 3 is 1.76 bits per heavy atom. The summed E-state index contributed by atoms with van der Waals surface area (Å²) in [5.41, 5.74) is 6.82. The maximum absolute atomic E-state index is 13.9. The van der Waals surface area contributed by atoms with Gasteiger partial charge in [-0.1, -0.05) is 103 Å². The van der Waals surface area contributed by atoms with Gasteiger partial charge in [-0.2, -0.15) is 0 Å². The molecule has 2 aliphatic rings. The molecule has 0 radical (unpaired) electrons. The van der Waals surface area contributed by atoms with Gasteiger partial charge in [0.05, 0.1) is 48.4 Å². The smallest absolute Gasteiger partial charge is 0.407 e. The molecule has 8 rings (SSSR count). The van der Waals surface area contributed by atoms with E-state index in [0.717, 1.165) is 70.7 Å². The van der Waals surface area contributed by atoms with Gasteiger partial charge in [0.15, 0.2) is 0 Å². The van der Waals surface area contributed by atoms with E-state index in [2.05, 4.69) is 63.8 Å². The molecule has 3 N–H and O–H groups in total. The van der Waals surface area contributed by atoms with Crippen LogP contribution in [0.2, 0.25) is 5.02 Å². The van der Waals surface area contributed by atoms with Gasteiger partial charge in [-0.3, -0.25) is 9.59 Å². The lowest BCUT2D eigenvalue weighted by atomic mass is 9.83. The first kappa shape index (κ1) is 38.7. The van der Waals surface area contributed by atoms with Gasteiger partial charge < -0.3 is 29.8 Å². The fraction of sp³-hybridized carbons (Fsp3) is 0.283. The summed E-state index contributed by atoms with van der Waals surface area (Å²) in [4.78, 5) is 60.2. The lowest BCUT2D eigenvalue weighted by Crippen LogP contribution is -2.43. The maximum Gasteiger partial charge on any atom is 0.407 e. The van der Waals surface area contributed by atoms with Gasteiger partial charge in [0.25, 0.3) is 5.91 Å². The molecule has 4 heterocycles. The predicted octanol–water partition coefficient (Wildman–Crippen LogP) is 9.19. The summed E-state index contributed by atoms with van der Waals surface area (Å²) in [6.45, 7) is 5.19. The van der Waals surface area contributed by atoms with E-state index in [-0.39, 0.29) is 23.9 Å². The van der Waals surface area contributed by atoms with Crippen molar-refractivity contribution in [2.75, 3.05) is 20.2 Å². The highest BCUT2D eigenvalue weighted by Gasteiger charge is 2.41. The van der Waals surface area contributed by atoms with Gasteiger partial charge in [-0.05, 0) is 85.0 Å². The molecule has 4 aromatic carbocycles. The van der Waals surface area contributed by atoms with Crippen molar-refractivity contribution in [2.45, 2.75) is 63.1 Å². The van der Waals surface area contributed by atoms with Crippen molar-refractivity contribution < 1.29 is 19.1 Å². The molecule has 0 spiro atoms. The average molecular weight is 796 g/mol. The summed E-state index contributed by atoms with van der Waals surface area (Å²) in [5, 5.41) is 3.37. The summed E-state index contributed by atoms with van der Waals surface area (Å²) in [6, 6.07) is 32.2. The van der Waals surface area contributed by atoms with E-state index in [1.165, 1.54) is 7.11 Å². The van der Waals surface area contributed by atoms with Gasteiger partial charge >= 0.3 is 6.09 Å². The molecule has 0 unspecified atom stereocenters. The number of aromatic nitrogens is 4. The highest BCUT2D eigenvalue weighted by atomic mass is 35.5. The van der Waals surface area contributed by atoms with E-state index in [0.29, 0.717) is 29.5 Å². The Kier molecular flexibility index (Phi) is 10.9. The van der Waals surface area contributed by atoms with E-state index in [9.17, 15) is 14.4 Å². The van der Waals surface area contributed by atoms with E-state index >= 15 is 0 Å². The topological polar surface area (TPSA) is 136 Å². The molecule has 2 aliphatic heterocycles. The standard InChI is InChI=1S/C46H46ClN7O4/c1-46(2,34-21-23-35(47)24-22-34)44(56)54-26-8-12-39(54)42-49-28-37(51-42)32-19-15-30(16-20-32)29-13-17-31(18-14-29)36-27-48-41(50-36)38-11-7-25-53(38)43(55)40(52-45(57)58-3)33-9-5-4-6-10-33/h4-6,9-10,13-24,27-28,38-40H,7-8,11-12,25-26H2,1-3H3,(H,48,50)(H,49,51)(H,52,57)/t38-,39-,40+/m0/s1. The van der Waals surface area contributed by atoms with Gasteiger partial charge in [-0.25, -0.2) is 14.8 Å². The fourth-order valence-electron chi connectivity index (χ4n) is 8.22. The lowest BCUT2D eigenvalue weighted by Gasteiger charge is -2.33. The number of hydrogen-bond acceptors (Lipinski definition) is 6. The SMILES string of the molecule is COC(=O)N[C@@H](C(=O)N1CCC[C@H]1c1ncc(-c2ccc(-c3ccc(-c4cnc([C@@H]5CCCN5C(=O)C(C)(C)c5ccc(Cl)cc5)[nH]4)cc3)cc2)[nH]1)c1ccccc1. The van der Waals surface area contributed by atoms with Gasteiger partial charge in [-0.15, -0.1) is 0 Å². The Labute approximate surface area is 342 Å². The molecule has 296 valence electrons. The van der Waals surface area contributed by atoms with Crippen molar-refractivity contribution >= 4 is 29.5 Å². The van der Waals surface area contributed by atoms with Crippen LogP contribution < -0.4 is 5.32 Å². The number of nitrogens with one attached hydrogen (secondary N) is 3. The Morgan fingerprint density at radius 2 is 1.22 bits per heavy atom. The number of hydrogen-bond donors (Lipinski definition) is 3. The van der Waals surface area contributed by atoms with Crippen LogP contribution in [0.4, 0.5) is 4.79 Å². The Morgan fingerprint density at radius 1 is 0.724 bits per heavy atom. The van der Waals surface area contributed by atoms with E-state index < -0.39 is 17.6 Å². The molecule has 58 heavy (non-hydrogen) atoms. The van der Waals surface area contributed by atoms with Crippen molar-refractivity contribution in [3.05, 3.63) is 143 Å². The molecule has 2 saturated heterocycles. The van der Waals surface area contributed by atoms with Crippen molar-refractivity contribution in [3.63, 3.8) is 0 Å². The number of carbonyl (C=O) groups is 3. The number of halogens is 1. The average Bonchev–Trinajstić information content (AvgIpc) is 4.10. The van der Waals surface area contributed by atoms with Crippen LogP contribution in [0.1, 0.15) is 80.4 Å². The van der Waals surface area contributed by atoms with Gasteiger partial charge in [0, 0.05) is 18.1 Å². The van der Waals surface area contributed by atoms with Crippen molar-refractivity contribution in [1.82, 2.24) is 35.1 Å². The maximum atomic E-state index is 13.9. The summed E-state index contributed by atoms with van der Waals surface area (Å²) in [7, 11) is 1.28. The first-order chi connectivity index (χ1) is 28.1. The number of nitrogens with zero attached hydrogens (tertiary/aromatic N) is 4. The minimum Gasteiger partial charge on any atom is -0.453 e. The summed E-state index contributed by atoms with van der Waals surface area (Å²) in [6.07, 6.45) is 6.36. The Bertz CT molecular complexity index is 2390. The van der Waals surface area contributed by atoms with Crippen LogP contribution in [0.25, 0.3) is 33.6 Å². The molecule has 6 aromatic rings. The molecule has 3 atom stereocenters. The number of H-pyrrole nitrogens is 2. The second-order valence-corrected chi connectivity index (χ2v) is 15.9. The molecule has 3 amide bonds. The third-order valence-electron chi connectivity index (χ3n) is 11.5. The van der Waals surface area contributed by atoms with Crippen LogP contribution in [0, 0.1) is 0 Å². The normalized spacial score (nSPS) is 17.3. The monoisotopic (exact) mass is 795 g/mol. The molecule has 0 saturated carbocycles. The minimum atomic E-state index is -0.873. The van der Waals surface area contributed by atoms with Crippen molar-refractivity contribution in [3.8, 4) is 33.6 Å². The van der Waals surface area contributed by atoms with Crippen LogP contribution in [-0.4, -0.2) is 67.8 Å². The number of benzene rings is 4. The molecule has 0 aliphatic carbocycles.